The highest BCUT2D eigenvalue weighted by atomic mass is 16.1. The second-order valence-electron chi connectivity index (χ2n) is 9.02. The Bertz CT molecular complexity index is 1270. The van der Waals surface area contributed by atoms with Crippen LogP contribution < -0.4 is 17.0 Å². The summed E-state index contributed by atoms with van der Waals surface area (Å²) in [4.78, 5) is 34.7. The van der Waals surface area contributed by atoms with Crippen LogP contribution in [0, 0.1) is 6.92 Å². The van der Waals surface area contributed by atoms with Gasteiger partial charge in [0.2, 0.25) is 5.95 Å². The highest BCUT2D eigenvalue weighted by Crippen LogP contribution is 2.22. The maximum Gasteiger partial charge on any atom is 0.280 e. The van der Waals surface area contributed by atoms with Gasteiger partial charge >= 0.3 is 0 Å². The lowest BCUT2D eigenvalue weighted by molar-refractivity contribution is 0.405. The van der Waals surface area contributed by atoms with Crippen molar-refractivity contribution in [2.75, 3.05) is 11.5 Å². The van der Waals surface area contributed by atoms with Gasteiger partial charge in [0.05, 0.1) is 12.7 Å². The number of hydrogen-bond acceptors (Lipinski definition) is 8. The molecule has 0 unspecified atom stereocenters. The fourth-order valence-corrected chi connectivity index (χ4v) is 2.94. The summed E-state index contributed by atoms with van der Waals surface area (Å²) in [7, 11) is 0. The van der Waals surface area contributed by atoms with Crippen LogP contribution in [0.2, 0.25) is 0 Å². The summed E-state index contributed by atoms with van der Waals surface area (Å²) in [6.07, 6.45) is 3.36. The molecule has 0 aliphatic heterocycles. The van der Waals surface area contributed by atoms with Crippen LogP contribution in [-0.2, 0) is 11.1 Å². The Hall–Kier alpha value is -3.50. The predicted octanol–water partition coefficient (Wildman–Crippen LogP) is 1.93. The molecule has 0 radical (unpaired) electrons. The van der Waals surface area contributed by atoms with Crippen molar-refractivity contribution in [3.05, 3.63) is 28.8 Å². The van der Waals surface area contributed by atoms with Crippen molar-refractivity contribution in [2.45, 2.75) is 59.5 Å². The van der Waals surface area contributed by atoms with Gasteiger partial charge < -0.3 is 20.6 Å². The molecule has 4 heterocycles. The van der Waals surface area contributed by atoms with E-state index in [-0.39, 0.29) is 22.6 Å². The number of hydrogen-bond donors (Lipinski definition) is 3. The van der Waals surface area contributed by atoms with E-state index >= 15 is 0 Å². The van der Waals surface area contributed by atoms with Crippen molar-refractivity contribution in [2.24, 2.45) is 0 Å². The minimum atomic E-state index is -0.305. The quantitative estimate of drug-likeness (QED) is 0.395. The molecular weight excluding hydrogens is 384 g/mol. The van der Waals surface area contributed by atoms with E-state index in [1.807, 2.05) is 36.8 Å². The number of nitrogen functional groups attached to an aromatic ring is 2. The second-order valence-corrected chi connectivity index (χ2v) is 9.02. The molecule has 0 amide bonds. The lowest BCUT2D eigenvalue weighted by Crippen LogP contribution is -2.22. The molecule has 4 aromatic heterocycles. The number of H-pyrrole nitrogens is 1. The standard InChI is InChI=1S/C10H15N5.C9H13N5O/c1-6-13-8(11)7-9(14-6)15(5-12-7)10(2,3)4;1-9(2,3)14-4-11-5-6(14)12-8(10)13-7(5)15/h5H,1-4H3,(H2,11,13,14);4H,1-3H3,(H3,10,12,13,15). The molecule has 160 valence electrons. The van der Waals surface area contributed by atoms with Crippen molar-refractivity contribution in [1.82, 2.24) is 39.0 Å². The highest BCUT2D eigenvalue weighted by Gasteiger charge is 2.19. The highest BCUT2D eigenvalue weighted by molar-refractivity contribution is 5.81. The zero-order chi connectivity index (χ0) is 22.4. The van der Waals surface area contributed by atoms with Gasteiger partial charge in [-0.05, 0) is 48.5 Å². The van der Waals surface area contributed by atoms with Crippen molar-refractivity contribution < 1.29 is 0 Å². The van der Waals surface area contributed by atoms with E-state index in [1.54, 1.807) is 12.7 Å². The van der Waals surface area contributed by atoms with E-state index < -0.39 is 0 Å². The van der Waals surface area contributed by atoms with E-state index in [1.165, 1.54) is 0 Å². The lowest BCUT2D eigenvalue weighted by atomic mass is 10.1. The molecule has 11 heteroatoms. The molecule has 0 spiro atoms. The Balaban J connectivity index is 0.000000171. The molecule has 11 nitrogen and oxygen atoms in total. The number of aromatic nitrogens is 8. The Morgan fingerprint density at radius 3 is 1.87 bits per heavy atom. The fourth-order valence-electron chi connectivity index (χ4n) is 2.94. The van der Waals surface area contributed by atoms with Gasteiger partial charge in [-0.3, -0.25) is 9.78 Å². The van der Waals surface area contributed by atoms with E-state index in [4.69, 9.17) is 11.5 Å². The SMILES string of the molecule is CC(C)(C)n1cnc2c(=O)[nH]c(N)nc21.Cc1nc(N)c2ncn(C(C)(C)C)c2n1. The third kappa shape index (κ3) is 3.95. The largest absolute Gasteiger partial charge is 0.382 e. The maximum absolute atomic E-state index is 11.5. The van der Waals surface area contributed by atoms with Gasteiger partial charge in [-0.1, -0.05) is 0 Å². The number of nitrogens with one attached hydrogen (secondary N) is 1. The van der Waals surface area contributed by atoms with E-state index in [9.17, 15) is 4.79 Å². The van der Waals surface area contributed by atoms with Gasteiger partial charge in [-0.2, -0.15) is 4.98 Å². The average molecular weight is 413 g/mol. The number of nitrogens with zero attached hydrogens (tertiary/aromatic N) is 7. The number of aromatic amines is 1. The number of rotatable bonds is 0. The molecule has 5 N–H and O–H groups in total. The number of imidazole rings is 2. The lowest BCUT2D eigenvalue weighted by Gasteiger charge is -2.20. The normalized spacial score (nSPS) is 12.2. The topological polar surface area (TPSA) is 159 Å². The number of aryl methyl sites for hydroxylation is 1. The first-order valence-corrected chi connectivity index (χ1v) is 9.50. The summed E-state index contributed by atoms with van der Waals surface area (Å²) >= 11 is 0. The summed E-state index contributed by atoms with van der Waals surface area (Å²) in [6, 6.07) is 0. The molecule has 0 atom stereocenters. The van der Waals surface area contributed by atoms with Crippen LogP contribution in [0.4, 0.5) is 11.8 Å². The second kappa shape index (κ2) is 7.08. The molecule has 0 bridgehead atoms. The Morgan fingerprint density at radius 2 is 1.33 bits per heavy atom. The van der Waals surface area contributed by atoms with Crippen LogP contribution >= 0.6 is 0 Å². The maximum atomic E-state index is 11.5. The molecule has 0 saturated carbocycles. The van der Waals surface area contributed by atoms with E-state index in [2.05, 4.69) is 50.7 Å². The van der Waals surface area contributed by atoms with Crippen molar-refractivity contribution in [3.63, 3.8) is 0 Å². The van der Waals surface area contributed by atoms with Gasteiger partial charge in [0.15, 0.2) is 22.6 Å². The first-order valence-electron chi connectivity index (χ1n) is 9.50. The monoisotopic (exact) mass is 412 g/mol. The van der Waals surface area contributed by atoms with Crippen LogP contribution in [0.15, 0.2) is 17.4 Å². The van der Waals surface area contributed by atoms with Gasteiger partial charge in [-0.25, -0.2) is 19.9 Å². The van der Waals surface area contributed by atoms with E-state index in [0.717, 1.165) is 5.65 Å². The third-order valence-electron chi connectivity index (χ3n) is 4.41. The minimum Gasteiger partial charge on any atom is -0.382 e. The molecule has 4 rings (SSSR count). The minimum absolute atomic E-state index is 0.0536. The molecule has 4 aromatic rings. The zero-order valence-corrected chi connectivity index (χ0v) is 18.3. The van der Waals surface area contributed by atoms with Crippen LogP contribution in [0.3, 0.4) is 0 Å². The van der Waals surface area contributed by atoms with Gasteiger partial charge in [0, 0.05) is 11.1 Å². The van der Waals surface area contributed by atoms with Crippen molar-refractivity contribution in [3.8, 4) is 0 Å². The fraction of sp³-hybridized carbons (Fsp3) is 0.474. The Morgan fingerprint density at radius 1 is 0.833 bits per heavy atom. The average Bonchev–Trinajstić information content (AvgIpc) is 3.18. The number of fused-ring (bicyclic) bond motifs is 2. The molecule has 0 aromatic carbocycles. The zero-order valence-electron chi connectivity index (χ0n) is 18.3. The predicted molar refractivity (Wildman–Crippen MR) is 117 cm³/mol. The number of nitrogens with two attached hydrogens (primary N) is 2. The van der Waals surface area contributed by atoms with E-state index in [0.29, 0.717) is 28.3 Å². The Kier molecular flexibility index (Phi) is 5.01. The van der Waals surface area contributed by atoms with Crippen LogP contribution in [-0.4, -0.2) is 39.0 Å². The first-order chi connectivity index (χ1) is 13.8. The molecule has 0 saturated heterocycles. The van der Waals surface area contributed by atoms with Crippen LogP contribution in [0.25, 0.3) is 22.3 Å². The molecule has 0 aliphatic rings. The summed E-state index contributed by atoms with van der Waals surface area (Å²) in [5.74, 6) is 1.23. The van der Waals surface area contributed by atoms with Gasteiger partial charge in [-0.15, -0.1) is 0 Å². The summed E-state index contributed by atoms with van der Waals surface area (Å²) in [5.41, 5.74) is 13.0. The molecule has 0 fully saturated rings. The summed E-state index contributed by atoms with van der Waals surface area (Å²) in [5, 5.41) is 0. The summed E-state index contributed by atoms with van der Waals surface area (Å²) < 4.78 is 3.83. The van der Waals surface area contributed by atoms with Gasteiger partial charge in [0.25, 0.3) is 5.56 Å². The van der Waals surface area contributed by atoms with Crippen LogP contribution in [0.5, 0.6) is 0 Å². The summed E-state index contributed by atoms with van der Waals surface area (Å²) in [6.45, 7) is 14.1. The Labute approximate surface area is 173 Å². The molecular formula is C19H28N10O. The van der Waals surface area contributed by atoms with Crippen molar-refractivity contribution in [1.29, 1.82) is 0 Å². The number of anilines is 2. The molecule has 30 heavy (non-hydrogen) atoms. The van der Waals surface area contributed by atoms with Crippen LogP contribution in [0.1, 0.15) is 47.4 Å². The third-order valence-corrected chi connectivity index (χ3v) is 4.41. The smallest absolute Gasteiger partial charge is 0.280 e. The van der Waals surface area contributed by atoms with Gasteiger partial charge in [0.1, 0.15) is 11.3 Å². The first kappa shape index (κ1) is 21.2. The molecule has 0 aliphatic carbocycles. The van der Waals surface area contributed by atoms with Crippen molar-refractivity contribution >= 4 is 34.1 Å².